The Morgan fingerprint density at radius 1 is 1.21 bits per heavy atom. The summed E-state index contributed by atoms with van der Waals surface area (Å²) in [5, 5.41) is 17.7. The lowest BCUT2D eigenvalue weighted by Crippen LogP contribution is -2.29. The number of pyridine rings is 1. The molecule has 0 amide bonds. The molecule has 1 aromatic heterocycles. The highest BCUT2D eigenvalue weighted by Gasteiger charge is 2.05. The number of nitrogens with zero attached hydrogens (tertiary/aromatic N) is 2. The molecule has 0 fully saturated rings. The van der Waals surface area contributed by atoms with E-state index in [1.54, 1.807) is 12.4 Å². The van der Waals surface area contributed by atoms with Crippen LogP contribution in [0.15, 0.2) is 22.9 Å². The smallest absolute Gasteiger partial charge is 0.0606 e. The molecule has 0 aliphatic heterocycles. The topological polar surface area (TPSA) is 56.6 Å². The van der Waals surface area contributed by atoms with Gasteiger partial charge in [-0.2, -0.15) is 0 Å². The van der Waals surface area contributed by atoms with Crippen molar-refractivity contribution in [1.82, 2.24) is 4.98 Å². The molecule has 5 heteroatoms. The van der Waals surface area contributed by atoms with Crippen LogP contribution in [0.1, 0.15) is 0 Å². The fourth-order valence-corrected chi connectivity index (χ4v) is 1.54. The Hall–Kier alpha value is -0.650. The summed E-state index contributed by atoms with van der Waals surface area (Å²) in [5.41, 5.74) is 0.891. The van der Waals surface area contributed by atoms with E-state index in [2.05, 4.69) is 20.9 Å². The molecule has 1 aromatic rings. The molecule has 14 heavy (non-hydrogen) atoms. The zero-order valence-electron chi connectivity index (χ0n) is 7.73. The minimum Gasteiger partial charge on any atom is -0.395 e. The molecule has 0 atom stereocenters. The second kappa shape index (κ2) is 5.95. The lowest BCUT2D eigenvalue weighted by Gasteiger charge is -2.22. The van der Waals surface area contributed by atoms with Crippen molar-refractivity contribution in [2.75, 3.05) is 31.2 Å². The van der Waals surface area contributed by atoms with Gasteiger partial charge in [0.1, 0.15) is 0 Å². The van der Waals surface area contributed by atoms with Crippen LogP contribution < -0.4 is 4.90 Å². The van der Waals surface area contributed by atoms with Crippen LogP contribution in [0.2, 0.25) is 0 Å². The van der Waals surface area contributed by atoms with Gasteiger partial charge < -0.3 is 15.1 Å². The molecule has 0 bridgehead atoms. The monoisotopic (exact) mass is 260 g/mol. The summed E-state index contributed by atoms with van der Waals surface area (Å²) in [5.74, 6) is 0. The SMILES string of the molecule is OCCN(CCO)c1cncc(Br)c1. The van der Waals surface area contributed by atoms with Gasteiger partial charge in [-0.25, -0.2) is 0 Å². The molecule has 1 heterocycles. The number of halogens is 1. The molecular weight excluding hydrogens is 248 g/mol. The van der Waals surface area contributed by atoms with E-state index in [0.717, 1.165) is 10.2 Å². The second-order valence-electron chi connectivity index (χ2n) is 2.80. The van der Waals surface area contributed by atoms with E-state index in [-0.39, 0.29) is 13.2 Å². The van der Waals surface area contributed by atoms with Crippen molar-refractivity contribution in [1.29, 1.82) is 0 Å². The van der Waals surface area contributed by atoms with Crippen LogP contribution in [0.25, 0.3) is 0 Å². The van der Waals surface area contributed by atoms with Crippen LogP contribution >= 0.6 is 15.9 Å². The third-order valence-corrected chi connectivity index (χ3v) is 2.23. The van der Waals surface area contributed by atoms with E-state index in [9.17, 15) is 0 Å². The predicted molar refractivity (Wildman–Crippen MR) is 58.3 cm³/mol. The fourth-order valence-electron chi connectivity index (χ4n) is 1.19. The van der Waals surface area contributed by atoms with Gasteiger partial charge in [-0.3, -0.25) is 4.98 Å². The fraction of sp³-hybridized carbons (Fsp3) is 0.444. The van der Waals surface area contributed by atoms with E-state index < -0.39 is 0 Å². The quantitative estimate of drug-likeness (QED) is 0.816. The predicted octanol–water partition coefficient (Wildman–Crippen LogP) is 0.635. The van der Waals surface area contributed by atoms with Crippen LogP contribution in [0, 0.1) is 0 Å². The average Bonchev–Trinajstić information content (AvgIpc) is 2.17. The van der Waals surface area contributed by atoms with Gasteiger partial charge in [-0.1, -0.05) is 0 Å². The Balaban J connectivity index is 2.75. The number of anilines is 1. The van der Waals surface area contributed by atoms with E-state index >= 15 is 0 Å². The zero-order chi connectivity index (χ0) is 10.4. The maximum absolute atomic E-state index is 8.84. The standard InChI is InChI=1S/C9H13BrN2O2/c10-8-5-9(7-11-6-8)12(1-3-13)2-4-14/h5-7,13-14H,1-4H2. The molecule has 0 aliphatic carbocycles. The van der Waals surface area contributed by atoms with Crippen molar-refractivity contribution in [3.63, 3.8) is 0 Å². The molecule has 1 rings (SSSR count). The first-order valence-electron chi connectivity index (χ1n) is 4.35. The largest absolute Gasteiger partial charge is 0.395 e. The lowest BCUT2D eigenvalue weighted by atomic mass is 10.3. The number of hydrogen-bond donors (Lipinski definition) is 2. The van der Waals surface area contributed by atoms with Gasteiger partial charge >= 0.3 is 0 Å². The first kappa shape index (κ1) is 11.4. The normalized spacial score (nSPS) is 10.2. The van der Waals surface area contributed by atoms with Crippen LogP contribution in [0.4, 0.5) is 5.69 Å². The van der Waals surface area contributed by atoms with Crippen molar-refractivity contribution in [3.8, 4) is 0 Å². The van der Waals surface area contributed by atoms with Crippen molar-refractivity contribution >= 4 is 21.6 Å². The van der Waals surface area contributed by atoms with E-state index in [1.165, 1.54) is 0 Å². The Labute approximate surface area is 91.3 Å². The maximum Gasteiger partial charge on any atom is 0.0606 e. The molecular formula is C9H13BrN2O2. The first-order chi connectivity index (χ1) is 6.77. The first-order valence-corrected chi connectivity index (χ1v) is 5.14. The highest BCUT2D eigenvalue weighted by Crippen LogP contribution is 2.17. The summed E-state index contributed by atoms with van der Waals surface area (Å²) in [7, 11) is 0. The van der Waals surface area contributed by atoms with Crippen molar-refractivity contribution in [3.05, 3.63) is 22.9 Å². The third-order valence-electron chi connectivity index (χ3n) is 1.80. The molecule has 2 N–H and O–H groups in total. The van der Waals surface area contributed by atoms with Crippen LogP contribution in [-0.2, 0) is 0 Å². The van der Waals surface area contributed by atoms with Gasteiger partial charge in [-0.15, -0.1) is 0 Å². The number of aliphatic hydroxyl groups is 2. The van der Waals surface area contributed by atoms with Gasteiger partial charge in [0.2, 0.25) is 0 Å². The molecule has 0 saturated carbocycles. The van der Waals surface area contributed by atoms with Gasteiger partial charge in [0.25, 0.3) is 0 Å². The van der Waals surface area contributed by atoms with Crippen LogP contribution in [0.5, 0.6) is 0 Å². The lowest BCUT2D eigenvalue weighted by molar-refractivity contribution is 0.281. The average molecular weight is 261 g/mol. The van der Waals surface area contributed by atoms with E-state index in [1.807, 2.05) is 11.0 Å². The number of rotatable bonds is 5. The van der Waals surface area contributed by atoms with Gasteiger partial charge in [-0.05, 0) is 22.0 Å². The summed E-state index contributed by atoms with van der Waals surface area (Å²) in [6.45, 7) is 1.12. The Morgan fingerprint density at radius 2 is 1.86 bits per heavy atom. The molecule has 0 unspecified atom stereocenters. The molecule has 0 aliphatic rings. The molecule has 0 radical (unpaired) electrons. The molecule has 0 spiro atoms. The van der Waals surface area contributed by atoms with E-state index in [0.29, 0.717) is 13.1 Å². The Kier molecular flexibility index (Phi) is 4.86. The molecule has 78 valence electrons. The second-order valence-corrected chi connectivity index (χ2v) is 3.71. The summed E-state index contributed by atoms with van der Waals surface area (Å²) < 4.78 is 0.885. The minimum absolute atomic E-state index is 0.0620. The van der Waals surface area contributed by atoms with Crippen molar-refractivity contribution < 1.29 is 10.2 Å². The third kappa shape index (κ3) is 3.25. The van der Waals surface area contributed by atoms with Crippen LogP contribution in [-0.4, -0.2) is 41.5 Å². The minimum atomic E-state index is 0.0620. The zero-order valence-corrected chi connectivity index (χ0v) is 9.31. The van der Waals surface area contributed by atoms with Crippen molar-refractivity contribution in [2.45, 2.75) is 0 Å². The Bertz CT molecular complexity index is 277. The highest BCUT2D eigenvalue weighted by atomic mass is 79.9. The number of aliphatic hydroxyl groups excluding tert-OH is 2. The van der Waals surface area contributed by atoms with E-state index in [4.69, 9.17) is 10.2 Å². The van der Waals surface area contributed by atoms with Crippen molar-refractivity contribution in [2.24, 2.45) is 0 Å². The van der Waals surface area contributed by atoms with Crippen LogP contribution in [0.3, 0.4) is 0 Å². The molecule has 0 saturated heterocycles. The van der Waals surface area contributed by atoms with Gasteiger partial charge in [0, 0.05) is 23.8 Å². The van der Waals surface area contributed by atoms with Gasteiger partial charge in [0.15, 0.2) is 0 Å². The van der Waals surface area contributed by atoms with Gasteiger partial charge in [0.05, 0.1) is 25.1 Å². The summed E-state index contributed by atoms with van der Waals surface area (Å²) in [6, 6.07) is 1.90. The number of hydrogen-bond acceptors (Lipinski definition) is 4. The summed E-state index contributed by atoms with van der Waals surface area (Å²) >= 11 is 3.32. The summed E-state index contributed by atoms with van der Waals surface area (Å²) in [6.07, 6.45) is 3.40. The maximum atomic E-state index is 8.84. The molecule has 4 nitrogen and oxygen atoms in total. The highest BCUT2D eigenvalue weighted by molar-refractivity contribution is 9.10. The Morgan fingerprint density at radius 3 is 2.36 bits per heavy atom. The molecule has 0 aromatic carbocycles. The summed E-state index contributed by atoms with van der Waals surface area (Å²) in [4.78, 5) is 5.89. The number of aromatic nitrogens is 1.